The van der Waals surface area contributed by atoms with E-state index in [0.717, 1.165) is 12.8 Å². The highest BCUT2D eigenvalue weighted by Gasteiger charge is 2.21. The monoisotopic (exact) mass is 296 g/mol. The second kappa shape index (κ2) is 7.39. The lowest BCUT2D eigenvalue weighted by Crippen LogP contribution is -2.36. The summed E-state index contributed by atoms with van der Waals surface area (Å²) >= 11 is 0. The van der Waals surface area contributed by atoms with Crippen LogP contribution in [-0.2, 0) is 10.0 Å². The molecule has 6 heteroatoms. The van der Waals surface area contributed by atoms with Crippen molar-refractivity contribution in [3.05, 3.63) is 29.8 Å². The Labute approximate surface area is 120 Å². The van der Waals surface area contributed by atoms with Crippen molar-refractivity contribution < 1.29 is 13.5 Å². The van der Waals surface area contributed by atoms with Gasteiger partial charge < -0.3 is 5.11 Å². The van der Waals surface area contributed by atoms with E-state index in [1.807, 2.05) is 19.9 Å². The van der Waals surface area contributed by atoms with E-state index in [1.54, 1.807) is 12.1 Å². The van der Waals surface area contributed by atoms with Crippen LogP contribution in [0, 0.1) is 17.2 Å². The molecular weight excluding hydrogens is 276 g/mol. The second-order valence-electron chi connectivity index (χ2n) is 4.60. The summed E-state index contributed by atoms with van der Waals surface area (Å²) in [4.78, 5) is -0.0563. The average molecular weight is 296 g/mol. The number of sulfonamides is 1. The highest BCUT2D eigenvalue weighted by molar-refractivity contribution is 7.89. The summed E-state index contributed by atoms with van der Waals surface area (Å²) in [6.45, 7) is 3.86. The minimum absolute atomic E-state index is 0.0472. The van der Waals surface area contributed by atoms with E-state index < -0.39 is 16.1 Å². The Morgan fingerprint density at radius 2 is 1.90 bits per heavy atom. The van der Waals surface area contributed by atoms with Gasteiger partial charge in [0.25, 0.3) is 0 Å². The zero-order valence-electron chi connectivity index (χ0n) is 11.7. The van der Waals surface area contributed by atoms with Gasteiger partial charge >= 0.3 is 0 Å². The van der Waals surface area contributed by atoms with Gasteiger partial charge in [-0.3, -0.25) is 0 Å². The van der Waals surface area contributed by atoms with Gasteiger partial charge in [-0.25, -0.2) is 13.1 Å². The van der Waals surface area contributed by atoms with Gasteiger partial charge in [0.05, 0.1) is 16.6 Å². The molecule has 0 radical (unpaired) electrons. The molecule has 0 aliphatic rings. The quantitative estimate of drug-likeness (QED) is 0.800. The van der Waals surface area contributed by atoms with Crippen molar-refractivity contribution in [1.82, 2.24) is 4.72 Å². The predicted octanol–water partition coefficient (Wildman–Crippen LogP) is 1.63. The molecule has 0 aromatic heterocycles. The summed E-state index contributed by atoms with van der Waals surface area (Å²) in [5.74, 6) is 0.0592. The molecular formula is C14H20N2O3S. The summed E-state index contributed by atoms with van der Waals surface area (Å²) in [6.07, 6.45) is 0.844. The van der Waals surface area contributed by atoms with Gasteiger partial charge in [0.1, 0.15) is 6.07 Å². The lowest BCUT2D eigenvalue weighted by molar-refractivity contribution is 0.107. The van der Waals surface area contributed by atoms with Crippen LogP contribution in [0.2, 0.25) is 0 Å². The Morgan fingerprint density at radius 3 is 2.45 bits per heavy atom. The zero-order valence-corrected chi connectivity index (χ0v) is 12.5. The van der Waals surface area contributed by atoms with Crippen LogP contribution in [0.5, 0.6) is 0 Å². The number of nitriles is 1. The topological polar surface area (TPSA) is 90.2 Å². The first-order valence-electron chi connectivity index (χ1n) is 6.63. The molecule has 110 valence electrons. The van der Waals surface area contributed by atoms with E-state index >= 15 is 0 Å². The molecule has 0 fully saturated rings. The minimum Gasteiger partial charge on any atom is -0.391 e. The van der Waals surface area contributed by atoms with Gasteiger partial charge in [0.15, 0.2) is 0 Å². The third kappa shape index (κ3) is 4.04. The van der Waals surface area contributed by atoms with E-state index in [2.05, 4.69) is 4.72 Å². The molecule has 0 aliphatic heterocycles. The largest absolute Gasteiger partial charge is 0.391 e. The first-order chi connectivity index (χ1) is 9.46. The lowest BCUT2D eigenvalue weighted by atomic mass is 9.97. The molecule has 1 aromatic carbocycles. The van der Waals surface area contributed by atoms with Crippen molar-refractivity contribution in [1.29, 1.82) is 5.26 Å². The highest BCUT2D eigenvalue weighted by atomic mass is 32.2. The van der Waals surface area contributed by atoms with Crippen LogP contribution >= 0.6 is 0 Å². The molecule has 0 bridgehead atoms. The molecule has 20 heavy (non-hydrogen) atoms. The summed E-state index contributed by atoms with van der Waals surface area (Å²) in [5, 5.41) is 18.9. The third-order valence-corrected chi connectivity index (χ3v) is 4.85. The highest BCUT2D eigenvalue weighted by Crippen LogP contribution is 2.16. The number of nitrogens with zero attached hydrogens (tertiary/aromatic N) is 1. The summed E-state index contributed by atoms with van der Waals surface area (Å²) in [7, 11) is -3.78. The first kappa shape index (κ1) is 16.6. The summed E-state index contributed by atoms with van der Waals surface area (Å²) in [5.41, 5.74) is 0.0945. The molecule has 0 heterocycles. The van der Waals surface area contributed by atoms with Gasteiger partial charge in [-0.1, -0.05) is 38.8 Å². The molecule has 2 N–H and O–H groups in total. The number of benzene rings is 1. The lowest BCUT2D eigenvalue weighted by Gasteiger charge is -2.20. The molecule has 0 saturated heterocycles. The molecule has 1 atom stereocenters. The maximum absolute atomic E-state index is 12.1. The normalized spacial score (nSPS) is 13.2. The van der Waals surface area contributed by atoms with E-state index in [4.69, 9.17) is 5.26 Å². The maximum Gasteiger partial charge on any atom is 0.241 e. The van der Waals surface area contributed by atoms with Crippen LogP contribution in [0.1, 0.15) is 32.3 Å². The Morgan fingerprint density at radius 1 is 1.30 bits per heavy atom. The Hall–Kier alpha value is -1.42. The smallest absolute Gasteiger partial charge is 0.241 e. The zero-order chi connectivity index (χ0) is 15.2. The third-order valence-electron chi connectivity index (χ3n) is 3.37. The molecule has 0 amide bonds. The fraction of sp³-hybridized carbons (Fsp3) is 0.500. The molecule has 1 rings (SSSR count). The minimum atomic E-state index is -3.78. The van der Waals surface area contributed by atoms with Crippen LogP contribution in [0.25, 0.3) is 0 Å². The number of hydrogen-bond donors (Lipinski definition) is 2. The van der Waals surface area contributed by atoms with Crippen LogP contribution in [0.4, 0.5) is 0 Å². The summed E-state index contributed by atoms with van der Waals surface area (Å²) < 4.78 is 26.7. The van der Waals surface area contributed by atoms with Gasteiger partial charge in [-0.15, -0.1) is 0 Å². The SMILES string of the molecule is CCC(CC)C(O)CNS(=O)(=O)c1ccccc1C#N. The van der Waals surface area contributed by atoms with E-state index in [1.165, 1.54) is 12.1 Å². The average Bonchev–Trinajstić information content (AvgIpc) is 2.46. The first-order valence-corrected chi connectivity index (χ1v) is 8.11. The van der Waals surface area contributed by atoms with Crippen LogP contribution in [0.15, 0.2) is 29.2 Å². The molecule has 0 spiro atoms. The molecule has 1 unspecified atom stereocenters. The number of nitrogens with one attached hydrogen (secondary N) is 1. The summed E-state index contributed by atoms with van der Waals surface area (Å²) in [6, 6.07) is 7.85. The number of hydrogen-bond acceptors (Lipinski definition) is 4. The number of rotatable bonds is 7. The van der Waals surface area contributed by atoms with Crippen LogP contribution < -0.4 is 4.72 Å². The Bertz CT molecular complexity index is 574. The number of aliphatic hydroxyl groups excluding tert-OH is 1. The van der Waals surface area contributed by atoms with Crippen molar-refractivity contribution >= 4 is 10.0 Å². The van der Waals surface area contributed by atoms with Gasteiger partial charge in [0.2, 0.25) is 10.0 Å². The standard InChI is InChI=1S/C14H20N2O3S/c1-3-11(4-2)13(17)10-16-20(18,19)14-8-6-5-7-12(14)9-15/h5-8,11,13,16-17H,3-4,10H2,1-2H3. The van der Waals surface area contributed by atoms with Crippen LogP contribution in [0.3, 0.4) is 0 Å². The predicted molar refractivity (Wildman–Crippen MR) is 76.4 cm³/mol. The van der Waals surface area contributed by atoms with Crippen molar-refractivity contribution in [2.24, 2.45) is 5.92 Å². The van der Waals surface area contributed by atoms with Crippen molar-refractivity contribution in [3.63, 3.8) is 0 Å². The van der Waals surface area contributed by atoms with Crippen molar-refractivity contribution in [3.8, 4) is 6.07 Å². The fourth-order valence-corrected chi connectivity index (χ4v) is 3.27. The van der Waals surface area contributed by atoms with Crippen molar-refractivity contribution in [2.75, 3.05) is 6.54 Å². The maximum atomic E-state index is 12.1. The van der Waals surface area contributed by atoms with Crippen molar-refractivity contribution in [2.45, 2.75) is 37.7 Å². The van der Waals surface area contributed by atoms with Gasteiger partial charge in [0, 0.05) is 6.54 Å². The Balaban J connectivity index is 2.84. The molecule has 1 aromatic rings. The number of aliphatic hydroxyl groups is 1. The second-order valence-corrected chi connectivity index (χ2v) is 6.34. The van der Waals surface area contributed by atoms with Gasteiger partial charge in [-0.2, -0.15) is 5.26 Å². The van der Waals surface area contributed by atoms with E-state index in [0.29, 0.717) is 0 Å². The fourth-order valence-electron chi connectivity index (χ4n) is 2.07. The molecule has 0 aliphatic carbocycles. The molecule has 0 saturated carbocycles. The molecule has 5 nitrogen and oxygen atoms in total. The van der Waals surface area contributed by atoms with E-state index in [9.17, 15) is 13.5 Å². The van der Waals surface area contributed by atoms with Crippen LogP contribution in [-0.4, -0.2) is 26.2 Å². The van der Waals surface area contributed by atoms with Gasteiger partial charge in [-0.05, 0) is 18.1 Å². The Kier molecular flexibility index (Phi) is 6.14. The van der Waals surface area contributed by atoms with E-state index in [-0.39, 0.29) is 22.9 Å².